The van der Waals surface area contributed by atoms with E-state index in [1.54, 1.807) is 0 Å². The summed E-state index contributed by atoms with van der Waals surface area (Å²) < 4.78 is 0. The highest BCUT2D eigenvalue weighted by atomic mass is 15.2. The first kappa shape index (κ1) is 14.0. The first-order valence-electron chi connectivity index (χ1n) is 6.95. The third-order valence-electron chi connectivity index (χ3n) is 3.67. The second-order valence-corrected chi connectivity index (χ2v) is 6.26. The van der Waals surface area contributed by atoms with Gasteiger partial charge in [0.25, 0.3) is 0 Å². The highest BCUT2D eigenvalue weighted by Crippen LogP contribution is 2.25. The maximum absolute atomic E-state index is 3.57. The average molecular weight is 226 g/mol. The van der Waals surface area contributed by atoms with Crippen LogP contribution in [-0.4, -0.2) is 35.6 Å². The van der Waals surface area contributed by atoms with Gasteiger partial charge in [0.15, 0.2) is 0 Å². The molecule has 2 heteroatoms. The largest absolute Gasteiger partial charge is 0.312 e. The quantitative estimate of drug-likeness (QED) is 0.725. The van der Waals surface area contributed by atoms with Crippen molar-refractivity contribution in [2.24, 2.45) is 0 Å². The maximum atomic E-state index is 3.57. The van der Waals surface area contributed by atoms with Gasteiger partial charge in [-0.3, -0.25) is 4.90 Å². The molecule has 2 nitrogen and oxygen atoms in total. The fourth-order valence-corrected chi connectivity index (χ4v) is 2.69. The second kappa shape index (κ2) is 6.02. The van der Waals surface area contributed by atoms with Crippen LogP contribution >= 0.6 is 0 Å². The van der Waals surface area contributed by atoms with Crippen LogP contribution in [0.15, 0.2) is 0 Å². The molecule has 96 valence electrons. The topological polar surface area (TPSA) is 15.3 Å². The molecule has 1 aliphatic heterocycles. The van der Waals surface area contributed by atoms with E-state index in [0.717, 1.165) is 18.6 Å². The molecule has 1 N–H and O–H groups in total. The van der Waals surface area contributed by atoms with Crippen molar-refractivity contribution in [3.63, 3.8) is 0 Å². The lowest BCUT2D eigenvalue weighted by Crippen LogP contribution is -2.40. The van der Waals surface area contributed by atoms with Crippen molar-refractivity contribution in [1.29, 1.82) is 0 Å². The highest BCUT2D eigenvalue weighted by molar-refractivity contribution is 4.84. The molecule has 0 radical (unpaired) electrons. The molecule has 0 aromatic rings. The number of hydrogen-bond donors (Lipinski definition) is 1. The SMILES string of the molecule is CCC1CCC(C)N1CCCNC(C)(C)C. The van der Waals surface area contributed by atoms with Crippen molar-refractivity contribution in [2.45, 2.75) is 77.9 Å². The van der Waals surface area contributed by atoms with Crippen LogP contribution in [0.25, 0.3) is 0 Å². The van der Waals surface area contributed by atoms with Crippen LogP contribution in [0.3, 0.4) is 0 Å². The van der Waals surface area contributed by atoms with Crippen LogP contribution in [0, 0.1) is 0 Å². The van der Waals surface area contributed by atoms with Gasteiger partial charge < -0.3 is 5.32 Å². The summed E-state index contributed by atoms with van der Waals surface area (Å²) in [6, 6.07) is 1.66. The van der Waals surface area contributed by atoms with Gasteiger partial charge in [-0.25, -0.2) is 0 Å². The van der Waals surface area contributed by atoms with Gasteiger partial charge in [0.1, 0.15) is 0 Å². The predicted molar refractivity (Wildman–Crippen MR) is 71.9 cm³/mol. The van der Waals surface area contributed by atoms with E-state index in [-0.39, 0.29) is 5.54 Å². The molecule has 0 aromatic heterocycles. The van der Waals surface area contributed by atoms with Gasteiger partial charge in [-0.15, -0.1) is 0 Å². The molecule has 1 heterocycles. The summed E-state index contributed by atoms with van der Waals surface area (Å²) in [4.78, 5) is 2.71. The van der Waals surface area contributed by atoms with Crippen LogP contribution < -0.4 is 5.32 Å². The minimum absolute atomic E-state index is 0.265. The Morgan fingerprint density at radius 1 is 1.25 bits per heavy atom. The molecule has 0 amide bonds. The van der Waals surface area contributed by atoms with Crippen molar-refractivity contribution in [2.75, 3.05) is 13.1 Å². The Bertz CT molecular complexity index is 195. The Kier molecular flexibility index (Phi) is 5.26. The normalized spacial score (nSPS) is 27.6. The third-order valence-corrected chi connectivity index (χ3v) is 3.67. The molecule has 2 unspecified atom stereocenters. The lowest BCUT2D eigenvalue weighted by atomic mass is 10.1. The van der Waals surface area contributed by atoms with E-state index in [9.17, 15) is 0 Å². The molecule has 2 atom stereocenters. The van der Waals surface area contributed by atoms with Gasteiger partial charge in [0.05, 0.1) is 0 Å². The first-order valence-corrected chi connectivity index (χ1v) is 6.95. The van der Waals surface area contributed by atoms with Crippen LogP contribution in [0.4, 0.5) is 0 Å². The van der Waals surface area contributed by atoms with E-state index < -0.39 is 0 Å². The van der Waals surface area contributed by atoms with Gasteiger partial charge in [-0.05, 0) is 66.5 Å². The monoisotopic (exact) mass is 226 g/mol. The Morgan fingerprint density at radius 3 is 2.50 bits per heavy atom. The number of rotatable bonds is 5. The van der Waals surface area contributed by atoms with Crippen LogP contribution in [0.1, 0.15) is 60.3 Å². The van der Waals surface area contributed by atoms with Gasteiger partial charge in [0, 0.05) is 17.6 Å². The summed E-state index contributed by atoms with van der Waals surface area (Å²) in [5.74, 6) is 0. The third kappa shape index (κ3) is 4.42. The van der Waals surface area contributed by atoms with Gasteiger partial charge >= 0.3 is 0 Å². The lowest BCUT2D eigenvalue weighted by Gasteiger charge is -2.28. The number of likely N-dealkylation sites (tertiary alicyclic amines) is 1. The summed E-state index contributed by atoms with van der Waals surface area (Å²) in [5, 5.41) is 3.57. The maximum Gasteiger partial charge on any atom is 0.00965 e. The fourth-order valence-electron chi connectivity index (χ4n) is 2.69. The summed E-state index contributed by atoms with van der Waals surface area (Å²) in [6.07, 6.45) is 5.39. The minimum atomic E-state index is 0.265. The van der Waals surface area contributed by atoms with E-state index in [4.69, 9.17) is 0 Å². The summed E-state index contributed by atoms with van der Waals surface area (Å²) in [6.45, 7) is 13.8. The van der Waals surface area contributed by atoms with Gasteiger partial charge in [-0.2, -0.15) is 0 Å². The van der Waals surface area contributed by atoms with Crippen LogP contribution in [-0.2, 0) is 0 Å². The highest BCUT2D eigenvalue weighted by Gasteiger charge is 2.28. The van der Waals surface area contributed by atoms with Crippen molar-refractivity contribution in [3.8, 4) is 0 Å². The van der Waals surface area contributed by atoms with E-state index >= 15 is 0 Å². The molecule has 1 rings (SSSR count). The number of nitrogens with zero attached hydrogens (tertiary/aromatic N) is 1. The minimum Gasteiger partial charge on any atom is -0.312 e. The summed E-state index contributed by atoms with van der Waals surface area (Å²) in [5.41, 5.74) is 0.265. The zero-order chi connectivity index (χ0) is 12.2. The molecular formula is C14H30N2. The molecule has 16 heavy (non-hydrogen) atoms. The van der Waals surface area contributed by atoms with Crippen molar-refractivity contribution >= 4 is 0 Å². The van der Waals surface area contributed by atoms with Crippen molar-refractivity contribution < 1.29 is 0 Å². The molecule has 1 aliphatic rings. The van der Waals surface area contributed by atoms with Gasteiger partial charge in [0.2, 0.25) is 0 Å². The standard InChI is InChI=1S/C14H30N2/c1-6-13-9-8-12(2)16(13)11-7-10-15-14(3,4)5/h12-13,15H,6-11H2,1-5H3. The summed E-state index contributed by atoms with van der Waals surface area (Å²) >= 11 is 0. The Balaban J connectivity index is 2.21. The molecular weight excluding hydrogens is 196 g/mol. The molecule has 0 spiro atoms. The van der Waals surface area contributed by atoms with E-state index in [0.29, 0.717) is 0 Å². The Morgan fingerprint density at radius 2 is 1.94 bits per heavy atom. The van der Waals surface area contributed by atoms with Crippen molar-refractivity contribution in [1.82, 2.24) is 10.2 Å². The number of hydrogen-bond acceptors (Lipinski definition) is 2. The Labute approximate surface area is 102 Å². The van der Waals surface area contributed by atoms with E-state index in [1.165, 1.54) is 32.2 Å². The van der Waals surface area contributed by atoms with Crippen LogP contribution in [0.2, 0.25) is 0 Å². The summed E-state index contributed by atoms with van der Waals surface area (Å²) in [7, 11) is 0. The zero-order valence-corrected chi connectivity index (χ0v) is 11.8. The first-order chi connectivity index (χ1) is 7.44. The molecule has 0 saturated carbocycles. The molecule has 1 saturated heterocycles. The lowest BCUT2D eigenvalue weighted by molar-refractivity contribution is 0.194. The average Bonchev–Trinajstić information content (AvgIpc) is 2.53. The molecule has 0 bridgehead atoms. The van der Waals surface area contributed by atoms with Crippen molar-refractivity contribution in [3.05, 3.63) is 0 Å². The van der Waals surface area contributed by atoms with Crippen LogP contribution in [0.5, 0.6) is 0 Å². The van der Waals surface area contributed by atoms with Gasteiger partial charge in [-0.1, -0.05) is 6.92 Å². The van der Waals surface area contributed by atoms with E-state index in [1.807, 2.05) is 0 Å². The predicted octanol–water partition coefficient (Wildman–Crippen LogP) is 3.03. The second-order valence-electron chi connectivity index (χ2n) is 6.26. The zero-order valence-electron chi connectivity index (χ0n) is 11.8. The number of nitrogens with one attached hydrogen (secondary N) is 1. The molecule has 1 fully saturated rings. The fraction of sp³-hybridized carbons (Fsp3) is 1.00. The Hall–Kier alpha value is -0.0800. The van der Waals surface area contributed by atoms with E-state index in [2.05, 4.69) is 44.8 Å². The molecule has 0 aliphatic carbocycles. The molecule has 0 aromatic carbocycles. The smallest absolute Gasteiger partial charge is 0.00965 e.